The Morgan fingerprint density at radius 3 is 2.88 bits per heavy atom. The highest BCUT2D eigenvalue weighted by molar-refractivity contribution is 7.09. The van der Waals surface area contributed by atoms with E-state index in [-0.39, 0.29) is 0 Å². The molecule has 2 rings (SSSR count). The van der Waals surface area contributed by atoms with E-state index in [1.807, 2.05) is 34.3 Å². The summed E-state index contributed by atoms with van der Waals surface area (Å²) >= 11 is 3.13. The van der Waals surface area contributed by atoms with Crippen LogP contribution in [0.4, 0.5) is 0 Å². The van der Waals surface area contributed by atoms with Crippen molar-refractivity contribution in [2.45, 2.75) is 12.6 Å². The average Bonchev–Trinajstić information content (AvgIpc) is 2.88. The Morgan fingerprint density at radius 2 is 2.31 bits per heavy atom. The second kappa shape index (κ2) is 5.25. The first-order valence-electron chi connectivity index (χ1n) is 4.78. The van der Waals surface area contributed by atoms with Crippen LogP contribution in [0.2, 0.25) is 0 Å². The quantitative estimate of drug-likeness (QED) is 0.861. The van der Waals surface area contributed by atoms with Crippen molar-refractivity contribution in [3.8, 4) is 0 Å². The maximum atomic E-state index is 11.1. The molecule has 2 heterocycles. The minimum atomic E-state index is -0.838. The highest BCUT2D eigenvalue weighted by Crippen LogP contribution is 2.18. The third-order valence-electron chi connectivity index (χ3n) is 2.18. The summed E-state index contributed by atoms with van der Waals surface area (Å²) in [5.41, 5.74) is 0.814. The summed E-state index contributed by atoms with van der Waals surface area (Å²) in [7, 11) is 0. The molecular formula is C11H11NO2S2. The highest BCUT2D eigenvalue weighted by Gasteiger charge is 2.19. The predicted octanol–water partition coefficient (Wildman–Crippen LogP) is 2.73. The minimum absolute atomic E-state index is 0.588. The Hall–Kier alpha value is -1.17. The van der Waals surface area contributed by atoms with Gasteiger partial charge in [-0.2, -0.15) is 11.3 Å². The van der Waals surface area contributed by atoms with Crippen molar-refractivity contribution in [3.05, 3.63) is 44.8 Å². The Balaban J connectivity index is 2.02. The standard InChI is InChI=1S/C11H11NO2S2/c13-11(14)10(8-3-5-15-7-8)12-6-9-2-1-4-16-9/h1-5,7,10,12H,6H2,(H,13,14). The van der Waals surface area contributed by atoms with Gasteiger partial charge in [-0.1, -0.05) is 6.07 Å². The maximum Gasteiger partial charge on any atom is 0.325 e. The summed E-state index contributed by atoms with van der Waals surface area (Å²) in [4.78, 5) is 12.2. The van der Waals surface area contributed by atoms with Gasteiger partial charge >= 0.3 is 5.97 Å². The third kappa shape index (κ3) is 2.69. The van der Waals surface area contributed by atoms with Gasteiger partial charge in [-0.3, -0.25) is 10.1 Å². The van der Waals surface area contributed by atoms with Crippen LogP contribution in [0.15, 0.2) is 34.3 Å². The van der Waals surface area contributed by atoms with E-state index >= 15 is 0 Å². The Kier molecular flexibility index (Phi) is 3.71. The van der Waals surface area contributed by atoms with Crippen molar-refractivity contribution >= 4 is 28.6 Å². The van der Waals surface area contributed by atoms with E-state index < -0.39 is 12.0 Å². The summed E-state index contributed by atoms with van der Waals surface area (Å²) < 4.78 is 0. The van der Waals surface area contributed by atoms with Gasteiger partial charge < -0.3 is 5.11 Å². The van der Waals surface area contributed by atoms with Crippen molar-refractivity contribution in [2.75, 3.05) is 0 Å². The molecule has 0 radical (unpaired) electrons. The third-order valence-corrected chi connectivity index (χ3v) is 3.76. The lowest BCUT2D eigenvalue weighted by molar-refractivity contribution is -0.139. The first kappa shape index (κ1) is 11.3. The van der Waals surface area contributed by atoms with Gasteiger partial charge in [0, 0.05) is 11.4 Å². The number of aliphatic carboxylic acids is 1. The number of nitrogens with one attached hydrogen (secondary N) is 1. The molecule has 0 aromatic carbocycles. The Labute approximate surface area is 101 Å². The molecule has 0 aliphatic rings. The van der Waals surface area contributed by atoms with Crippen LogP contribution in [0.5, 0.6) is 0 Å². The fraction of sp³-hybridized carbons (Fsp3) is 0.182. The largest absolute Gasteiger partial charge is 0.480 e. The van der Waals surface area contributed by atoms with Gasteiger partial charge in [0.05, 0.1) is 0 Å². The molecule has 0 fully saturated rings. The average molecular weight is 253 g/mol. The number of hydrogen-bond acceptors (Lipinski definition) is 4. The molecule has 2 N–H and O–H groups in total. The smallest absolute Gasteiger partial charge is 0.325 e. The van der Waals surface area contributed by atoms with Gasteiger partial charge in [-0.05, 0) is 33.8 Å². The van der Waals surface area contributed by atoms with E-state index in [1.54, 1.807) is 11.3 Å². The molecule has 0 bridgehead atoms. The van der Waals surface area contributed by atoms with Crippen molar-refractivity contribution < 1.29 is 9.90 Å². The number of carboxylic acids is 1. The second-order valence-corrected chi connectivity index (χ2v) is 5.10. The molecular weight excluding hydrogens is 242 g/mol. The van der Waals surface area contributed by atoms with E-state index in [2.05, 4.69) is 5.32 Å². The zero-order valence-corrected chi connectivity index (χ0v) is 10.1. The molecule has 0 saturated heterocycles. The fourth-order valence-electron chi connectivity index (χ4n) is 1.40. The molecule has 2 aromatic heterocycles. The molecule has 0 aliphatic heterocycles. The van der Waals surface area contributed by atoms with Crippen LogP contribution in [0.1, 0.15) is 16.5 Å². The number of rotatable bonds is 5. The second-order valence-electron chi connectivity index (χ2n) is 3.29. The van der Waals surface area contributed by atoms with Crippen LogP contribution >= 0.6 is 22.7 Å². The van der Waals surface area contributed by atoms with Crippen molar-refractivity contribution in [1.29, 1.82) is 0 Å². The fourth-order valence-corrected chi connectivity index (χ4v) is 2.74. The lowest BCUT2D eigenvalue weighted by Crippen LogP contribution is -2.27. The zero-order valence-electron chi connectivity index (χ0n) is 8.42. The van der Waals surface area contributed by atoms with Gasteiger partial charge in [0.1, 0.15) is 6.04 Å². The van der Waals surface area contributed by atoms with Crippen molar-refractivity contribution in [3.63, 3.8) is 0 Å². The van der Waals surface area contributed by atoms with E-state index in [1.165, 1.54) is 11.3 Å². The summed E-state index contributed by atoms with van der Waals surface area (Å²) in [6, 6.07) is 5.17. The molecule has 2 aromatic rings. The lowest BCUT2D eigenvalue weighted by atomic mass is 10.1. The molecule has 16 heavy (non-hydrogen) atoms. The first-order chi connectivity index (χ1) is 7.77. The lowest BCUT2D eigenvalue weighted by Gasteiger charge is -2.12. The van der Waals surface area contributed by atoms with Crippen LogP contribution in [-0.2, 0) is 11.3 Å². The van der Waals surface area contributed by atoms with Crippen molar-refractivity contribution in [2.24, 2.45) is 0 Å². The Bertz CT molecular complexity index is 437. The van der Waals surface area contributed by atoms with Crippen LogP contribution in [0.25, 0.3) is 0 Å². The normalized spacial score (nSPS) is 12.5. The number of thiophene rings is 2. The number of carbonyl (C=O) groups is 1. The van der Waals surface area contributed by atoms with Crippen LogP contribution in [0.3, 0.4) is 0 Å². The van der Waals surface area contributed by atoms with Gasteiger partial charge in [0.25, 0.3) is 0 Å². The monoisotopic (exact) mass is 253 g/mol. The van der Waals surface area contributed by atoms with Crippen LogP contribution in [-0.4, -0.2) is 11.1 Å². The van der Waals surface area contributed by atoms with Crippen LogP contribution in [0, 0.1) is 0 Å². The van der Waals surface area contributed by atoms with Crippen molar-refractivity contribution in [1.82, 2.24) is 5.32 Å². The molecule has 0 aliphatic carbocycles. The molecule has 84 valence electrons. The van der Waals surface area contributed by atoms with E-state index in [0.29, 0.717) is 6.54 Å². The molecule has 0 spiro atoms. The summed E-state index contributed by atoms with van der Waals surface area (Å²) in [5.74, 6) is -0.838. The molecule has 0 amide bonds. The molecule has 0 saturated carbocycles. The first-order valence-corrected chi connectivity index (χ1v) is 6.60. The van der Waals surface area contributed by atoms with E-state index in [4.69, 9.17) is 5.11 Å². The molecule has 3 nitrogen and oxygen atoms in total. The molecule has 5 heteroatoms. The highest BCUT2D eigenvalue weighted by atomic mass is 32.1. The summed E-state index contributed by atoms with van der Waals surface area (Å²) in [6.45, 7) is 0.588. The van der Waals surface area contributed by atoms with Gasteiger partial charge in [0.15, 0.2) is 0 Å². The Morgan fingerprint density at radius 1 is 1.44 bits per heavy atom. The summed E-state index contributed by atoms with van der Waals surface area (Å²) in [6.07, 6.45) is 0. The van der Waals surface area contributed by atoms with Gasteiger partial charge in [-0.25, -0.2) is 0 Å². The number of hydrogen-bond donors (Lipinski definition) is 2. The molecule has 1 atom stereocenters. The minimum Gasteiger partial charge on any atom is -0.480 e. The SMILES string of the molecule is O=C(O)C(NCc1cccs1)c1ccsc1. The number of carboxylic acid groups (broad SMARTS) is 1. The zero-order chi connectivity index (χ0) is 11.4. The predicted molar refractivity (Wildman–Crippen MR) is 65.9 cm³/mol. The topological polar surface area (TPSA) is 49.3 Å². The van der Waals surface area contributed by atoms with E-state index in [9.17, 15) is 4.79 Å². The molecule has 1 unspecified atom stereocenters. The van der Waals surface area contributed by atoms with Gasteiger partial charge in [-0.15, -0.1) is 11.3 Å². The summed E-state index contributed by atoms with van der Waals surface area (Å²) in [5, 5.41) is 17.9. The van der Waals surface area contributed by atoms with Crippen LogP contribution < -0.4 is 5.32 Å². The van der Waals surface area contributed by atoms with Gasteiger partial charge in [0.2, 0.25) is 0 Å². The van der Waals surface area contributed by atoms with E-state index in [0.717, 1.165) is 10.4 Å². The maximum absolute atomic E-state index is 11.1.